The summed E-state index contributed by atoms with van der Waals surface area (Å²) in [5.74, 6) is 0.674. The third-order valence-corrected chi connectivity index (χ3v) is 2.55. The number of nitrogen functional groups attached to an aromatic ring is 1. The monoisotopic (exact) mass is 250 g/mol. The SMILES string of the molecule is CCCCOCCOc1ccc(C)cc1C(=N)N. The van der Waals surface area contributed by atoms with Crippen LogP contribution < -0.4 is 10.5 Å². The number of aryl methyl sites for hydroxylation is 1. The van der Waals surface area contributed by atoms with E-state index in [4.69, 9.17) is 20.6 Å². The predicted molar refractivity (Wildman–Crippen MR) is 73.4 cm³/mol. The van der Waals surface area contributed by atoms with Crippen molar-refractivity contribution in [3.05, 3.63) is 29.3 Å². The molecule has 0 fully saturated rings. The molecule has 100 valence electrons. The number of ether oxygens (including phenoxy) is 2. The van der Waals surface area contributed by atoms with Crippen LogP contribution in [0.5, 0.6) is 5.75 Å². The van der Waals surface area contributed by atoms with Gasteiger partial charge in [0, 0.05) is 6.61 Å². The molecule has 1 aromatic rings. The summed E-state index contributed by atoms with van der Waals surface area (Å²) < 4.78 is 11.0. The Morgan fingerprint density at radius 3 is 2.72 bits per heavy atom. The van der Waals surface area contributed by atoms with Crippen LogP contribution in [0.25, 0.3) is 0 Å². The minimum atomic E-state index is 0.0283. The Hall–Kier alpha value is -1.55. The second kappa shape index (κ2) is 7.71. The lowest BCUT2D eigenvalue weighted by atomic mass is 10.1. The Labute approximate surface area is 109 Å². The zero-order chi connectivity index (χ0) is 13.4. The first-order valence-corrected chi connectivity index (χ1v) is 6.30. The summed E-state index contributed by atoms with van der Waals surface area (Å²) in [6.45, 7) is 5.90. The second-order valence-electron chi connectivity index (χ2n) is 4.23. The van der Waals surface area contributed by atoms with Crippen LogP contribution in [0.2, 0.25) is 0 Å². The number of unbranched alkanes of at least 4 members (excludes halogenated alkanes) is 1. The third-order valence-electron chi connectivity index (χ3n) is 2.55. The highest BCUT2D eigenvalue weighted by Gasteiger charge is 2.06. The molecule has 0 aliphatic rings. The Balaban J connectivity index is 2.44. The number of nitrogens with one attached hydrogen (secondary N) is 1. The van der Waals surface area contributed by atoms with Gasteiger partial charge in [-0.15, -0.1) is 0 Å². The molecule has 0 aliphatic heterocycles. The lowest BCUT2D eigenvalue weighted by Crippen LogP contribution is -2.15. The van der Waals surface area contributed by atoms with E-state index in [1.54, 1.807) is 0 Å². The van der Waals surface area contributed by atoms with Gasteiger partial charge in [0.1, 0.15) is 18.2 Å². The van der Waals surface area contributed by atoms with E-state index in [9.17, 15) is 0 Å². The van der Waals surface area contributed by atoms with Gasteiger partial charge in [-0.3, -0.25) is 5.41 Å². The van der Waals surface area contributed by atoms with Gasteiger partial charge in [0.15, 0.2) is 0 Å². The standard InChI is InChI=1S/C14H22N2O2/c1-3-4-7-17-8-9-18-13-6-5-11(2)10-12(13)14(15)16/h5-6,10H,3-4,7-9H2,1-2H3,(H3,15,16). The summed E-state index contributed by atoms with van der Waals surface area (Å²) in [6, 6.07) is 5.65. The van der Waals surface area contributed by atoms with Crippen molar-refractivity contribution in [1.82, 2.24) is 0 Å². The van der Waals surface area contributed by atoms with Crippen molar-refractivity contribution in [2.45, 2.75) is 26.7 Å². The average molecular weight is 250 g/mol. The molecule has 0 unspecified atom stereocenters. The Kier molecular flexibility index (Phi) is 6.22. The van der Waals surface area contributed by atoms with Crippen LogP contribution >= 0.6 is 0 Å². The zero-order valence-corrected chi connectivity index (χ0v) is 11.2. The first-order chi connectivity index (χ1) is 8.65. The summed E-state index contributed by atoms with van der Waals surface area (Å²) in [5.41, 5.74) is 7.23. The molecule has 4 heteroatoms. The maximum Gasteiger partial charge on any atom is 0.130 e. The van der Waals surface area contributed by atoms with Gasteiger partial charge < -0.3 is 15.2 Å². The molecule has 0 saturated heterocycles. The van der Waals surface area contributed by atoms with Gasteiger partial charge in [0.05, 0.1) is 12.2 Å². The van der Waals surface area contributed by atoms with Gasteiger partial charge in [-0.1, -0.05) is 25.0 Å². The highest BCUT2D eigenvalue weighted by Crippen LogP contribution is 2.19. The zero-order valence-electron chi connectivity index (χ0n) is 11.2. The highest BCUT2D eigenvalue weighted by molar-refractivity contribution is 5.97. The quantitative estimate of drug-likeness (QED) is 0.423. The van der Waals surface area contributed by atoms with Gasteiger partial charge in [-0.25, -0.2) is 0 Å². The molecular weight excluding hydrogens is 228 g/mol. The number of amidine groups is 1. The molecular formula is C14H22N2O2. The van der Waals surface area contributed by atoms with Gasteiger partial charge in [0.25, 0.3) is 0 Å². The Bertz CT molecular complexity index is 391. The first-order valence-electron chi connectivity index (χ1n) is 6.30. The van der Waals surface area contributed by atoms with E-state index in [0.717, 1.165) is 25.0 Å². The van der Waals surface area contributed by atoms with E-state index in [2.05, 4.69) is 6.92 Å². The molecule has 0 aliphatic carbocycles. The van der Waals surface area contributed by atoms with E-state index >= 15 is 0 Å². The van der Waals surface area contributed by atoms with Crippen molar-refractivity contribution in [2.24, 2.45) is 5.73 Å². The number of rotatable bonds is 8. The maximum absolute atomic E-state index is 7.51. The van der Waals surface area contributed by atoms with Crippen molar-refractivity contribution in [3.63, 3.8) is 0 Å². The van der Waals surface area contributed by atoms with Gasteiger partial charge in [0.2, 0.25) is 0 Å². The van der Waals surface area contributed by atoms with Gasteiger partial charge >= 0.3 is 0 Å². The molecule has 1 rings (SSSR count). The van der Waals surface area contributed by atoms with Crippen LogP contribution in [0.1, 0.15) is 30.9 Å². The summed E-state index contributed by atoms with van der Waals surface area (Å²) in [4.78, 5) is 0. The smallest absolute Gasteiger partial charge is 0.130 e. The van der Waals surface area contributed by atoms with Crippen LogP contribution in [0.4, 0.5) is 0 Å². The lowest BCUT2D eigenvalue weighted by Gasteiger charge is -2.11. The molecule has 0 amide bonds. The molecule has 0 spiro atoms. The minimum Gasteiger partial charge on any atom is -0.490 e. The summed E-state index contributed by atoms with van der Waals surface area (Å²) in [6.07, 6.45) is 2.20. The number of hydrogen-bond acceptors (Lipinski definition) is 3. The lowest BCUT2D eigenvalue weighted by molar-refractivity contribution is 0.0980. The molecule has 0 atom stereocenters. The van der Waals surface area contributed by atoms with Crippen molar-refractivity contribution in [2.75, 3.05) is 19.8 Å². The molecule has 0 bridgehead atoms. The first kappa shape index (κ1) is 14.5. The van der Waals surface area contributed by atoms with Crippen LogP contribution in [-0.2, 0) is 4.74 Å². The molecule has 0 aromatic heterocycles. The van der Waals surface area contributed by atoms with E-state index in [-0.39, 0.29) is 5.84 Å². The van der Waals surface area contributed by atoms with Gasteiger partial charge in [-0.2, -0.15) is 0 Å². The van der Waals surface area contributed by atoms with Crippen molar-refractivity contribution in [1.29, 1.82) is 5.41 Å². The maximum atomic E-state index is 7.51. The normalized spacial score (nSPS) is 10.3. The molecule has 0 radical (unpaired) electrons. The topological polar surface area (TPSA) is 68.3 Å². The Morgan fingerprint density at radius 2 is 2.06 bits per heavy atom. The molecule has 3 N–H and O–H groups in total. The van der Waals surface area contributed by atoms with Crippen molar-refractivity contribution >= 4 is 5.84 Å². The molecule has 4 nitrogen and oxygen atoms in total. The highest BCUT2D eigenvalue weighted by atomic mass is 16.5. The van der Waals surface area contributed by atoms with E-state index < -0.39 is 0 Å². The van der Waals surface area contributed by atoms with Crippen LogP contribution in [0.15, 0.2) is 18.2 Å². The Morgan fingerprint density at radius 1 is 1.28 bits per heavy atom. The number of benzene rings is 1. The fourth-order valence-electron chi connectivity index (χ4n) is 1.54. The number of hydrogen-bond donors (Lipinski definition) is 2. The third kappa shape index (κ3) is 4.75. The molecule has 18 heavy (non-hydrogen) atoms. The molecule has 1 aromatic carbocycles. The van der Waals surface area contributed by atoms with Crippen LogP contribution in [0, 0.1) is 12.3 Å². The summed E-state index contributed by atoms with van der Waals surface area (Å²) in [7, 11) is 0. The van der Waals surface area contributed by atoms with E-state index in [0.29, 0.717) is 24.5 Å². The van der Waals surface area contributed by atoms with Crippen molar-refractivity contribution < 1.29 is 9.47 Å². The predicted octanol–water partition coefficient (Wildman–Crippen LogP) is 2.47. The molecule has 0 heterocycles. The number of nitrogens with two attached hydrogens (primary N) is 1. The van der Waals surface area contributed by atoms with Crippen LogP contribution in [0.3, 0.4) is 0 Å². The summed E-state index contributed by atoms with van der Waals surface area (Å²) >= 11 is 0. The van der Waals surface area contributed by atoms with E-state index in [1.165, 1.54) is 0 Å². The largest absolute Gasteiger partial charge is 0.490 e. The fourth-order valence-corrected chi connectivity index (χ4v) is 1.54. The average Bonchev–Trinajstić information content (AvgIpc) is 2.35. The summed E-state index contributed by atoms with van der Waals surface area (Å²) in [5, 5.41) is 7.51. The molecule has 0 saturated carbocycles. The fraction of sp³-hybridized carbons (Fsp3) is 0.500. The van der Waals surface area contributed by atoms with Crippen LogP contribution in [-0.4, -0.2) is 25.7 Å². The minimum absolute atomic E-state index is 0.0283. The van der Waals surface area contributed by atoms with E-state index in [1.807, 2.05) is 25.1 Å². The van der Waals surface area contributed by atoms with Crippen molar-refractivity contribution in [3.8, 4) is 5.75 Å². The van der Waals surface area contributed by atoms with Gasteiger partial charge in [-0.05, 0) is 25.5 Å². The second-order valence-corrected chi connectivity index (χ2v) is 4.23.